The largest absolute Gasteiger partial charge is 0.490 e. The fraction of sp³-hybridized carbons (Fsp3) is 0.294. The van der Waals surface area contributed by atoms with Gasteiger partial charge in [-0.05, 0) is 36.4 Å². The van der Waals surface area contributed by atoms with E-state index in [0.29, 0.717) is 22.5 Å². The maximum atomic E-state index is 12.5. The van der Waals surface area contributed by atoms with Gasteiger partial charge in [0.2, 0.25) is 5.17 Å². The van der Waals surface area contributed by atoms with E-state index in [1.54, 1.807) is 19.1 Å². The highest BCUT2D eigenvalue weighted by Crippen LogP contribution is 2.33. The van der Waals surface area contributed by atoms with Crippen LogP contribution in [-0.2, 0) is 14.9 Å². The first kappa shape index (κ1) is 21.4. The zero-order chi connectivity index (χ0) is 21.2. The van der Waals surface area contributed by atoms with Crippen molar-refractivity contribution in [2.45, 2.75) is 13.8 Å². The van der Waals surface area contributed by atoms with Crippen LogP contribution in [0.4, 0.5) is 0 Å². The summed E-state index contributed by atoms with van der Waals surface area (Å²) in [5, 5.41) is 9.43. The van der Waals surface area contributed by atoms with E-state index in [1.165, 1.54) is 28.8 Å². The second-order valence-corrected chi connectivity index (χ2v) is 9.30. The van der Waals surface area contributed by atoms with Crippen LogP contribution in [0.25, 0.3) is 6.08 Å². The molecule has 0 unspecified atom stereocenters. The molecule has 0 radical (unpaired) electrons. The number of carbonyl (C=O) groups excluding carboxylic acids is 1. The van der Waals surface area contributed by atoms with Crippen molar-refractivity contribution in [3.63, 3.8) is 0 Å². The van der Waals surface area contributed by atoms with Crippen LogP contribution in [0.2, 0.25) is 0 Å². The van der Waals surface area contributed by atoms with E-state index in [9.17, 15) is 13.2 Å². The Labute approximate surface area is 177 Å². The summed E-state index contributed by atoms with van der Waals surface area (Å²) < 4.78 is 37.5. The number of ether oxygens (including phenoxy) is 1. The summed E-state index contributed by atoms with van der Waals surface area (Å²) in [5.74, 6) is 0.474. The second-order valence-electron chi connectivity index (χ2n) is 5.77. The van der Waals surface area contributed by atoms with Gasteiger partial charge in [0.1, 0.15) is 5.84 Å². The summed E-state index contributed by atoms with van der Waals surface area (Å²) in [4.78, 5) is 18.0. The van der Waals surface area contributed by atoms with Crippen LogP contribution >= 0.6 is 23.7 Å². The number of nitrogens with one attached hydrogen (secondary N) is 1. The van der Waals surface area contributed by atoms with Crippen molar-refractivity contribution in [3.8, 4) is 11.5 Å². The summed E-state index contributed by atoms with van der Waals surface area (Å²) in [6.45, 7) is 4.02. The number of nitrogens with zero attached hydrogens (tertiary/aromatic N) is 3. The topological polar surface area (TPSA) is 121 Å². The molecule has 0 saturated carbocycles. The molecule has 0 spiro atoms. The molecular weight excluding hydrogens is 436 g/mol. The fourth-order valence-electron chi connectivity index (χ4n) is 2.51. The number of aliphatic imine (C=N–C) groups is 1. The SMILES string of the molecule is CCOc1cc(/C=C2/C(=N)N3C(SCC)=NSC3=NC2=O)ccc1OS(C)(=O)=O. The Morgan fingerprint density at radius 3 is 2.72 bits per heavy atom. The molecule has 0 atom stereocenters. The van der Waals surface area contributed by atoms with Crippen molar-refractivity contribution in [1.29, 1.82) is 5.41 Å². The van der Waals surface area contributed by atoms with Crippen LogP contribution in [0.5, 0.6) is 11.5 Å². The number of hydrogen-bond acceptors (Lipinski definition) is 9. The smallest absolute Gasteiger partial charge is 0.306 e. The fourth-order valence-corrected chi connectivity index (χ4v) is 4.54. The molecule has 2 heterocycles. The molecule has 1 aromatic rings. The molecule has 1 N–H and O–H groups in total. The third-order valence-electron chi connectivity index (χ3n) is 3.59. The third kappa shape index (κ3) is 4.82. The summed E-state index contributed by atoms with van der Waals surface area (Å²) >= 11 is 2.52. The quantitative estimate of drug-likeness (QED) is 0.396. The highest BCUT2D eigenvalue weighted by Gasteiger charge is 2.37. The molecule has 12 heteroatoms. The molecule has 2 aliphatic rings. The monoisotopic (exact) mass is 454 g/mol. The van der Waals surface area contributed by atoms with Gasteiger partial charge >= 0.3 is 10.1 Å². The standard InChI is InChI=1S/C17H18N4O5S3/c1-4-25-13-9-10(6-7-12(13)26-29(3,23)24)8-11-14(18)21-16(19-15(11)22)28-20-17(21)27-5-2/h6-9,18H,4-5H2,1-3H3/b11-8-,18-14?. The normalized spacial score (nSPS) is 17.9. The third-order valence-corrected chi connectivity index (χ3v) is 5.71. The first-order valence-electron chi connectivity index (χ1n) is 8.51. The number of amidine groups is 3. The van der Waals surface area contributed by atoms with E-state index in [-0.39, 0.29) is 22.9 Å². The first-order chi connectivity index (χ1) is 13.7. The lowest BCUT2D eigenvalue weighted by Crippen LogP contribution is -2.41. The van der Waals surface area contributed by atoms with Gasteiger partial charge in [-0.25, -0.2) is 4.90 Å². The van der Waals surface area contributed by atoms with Crippen LogP contribution < -0.4 is 8.92 Å². The summed E-state index contributed by atoms with van der Waals surface area (Å²) in [7, 11) is -3.72. The molecule has 0 bridgehead atoms. The maximum Gasteiger partial charge on any atom is 0.306 e. The summed E-state index contributed by atoms with van der Waals surface area (Å²) in [6, 6.07) is 4.56. The Balaban J connectivity index is 1.97. The van der Waals surface area contributed by atoms with Crippen molar-refractivity contribution < 1.29 is 22.1 Å². The van der Waals surface area contributed by atoms with Crippen LogP contribution in [-0.4, -0.2) is 54.0 Å². The molecular formula is C17H18N4O5S3. The zero-order valence-corrected chi connectivity index (χ0v) is 18.3. The van der Waals surface area contributed by atoms with Gasteiger partial charge in [-0.3, -0.25) is 10.2 Å². The predicted molar refractivity (Wildman–Crippen MR) is 116 cm³/mol. The lowest BCUT2D eigenvalue weighted by Gasteiger charge is -2.24. The Bertz CT molecular complexity index is 1060. The van der Waals surface area contributed by atoms with E-state index in [2.05, 4.69) is 9.39 Å². The molecule has 0 aromatic heterocycles. The molecule has 2 aliphatic heterocycles. The number of benzene rings is 1. The highest BCUT2D eigenvalue weighted by atomic mass is 32.2. The number of fused-ring (bicyclic) bond motifs is 1. The molecule has 1 amide bonds. The summed E-state index contributed by atoms with van der Waals surface area (Å²) in [5.41, 5.74) is 0.634. The molecule has 154 valence electrons. The number of carbonyl (C=O) groups is 1. The Hall–Kier alpha value is -2.31. The van der Waals surface area contributed by atoms with E-state index in [0.717, 1.165) is 24.0 Å². The van der Waals surface area contributed by atoms with Gasteiger partial charge in [-0.2, -0.15) is 17.8 Å². The van der Waals surface area contributed by atoms with Crippen molar-refractivity contribution in [1.82, 2.24) is 4.90 Å². The van der Waals surface area contributed by atoms with Gasteiger partial charge in [0.15, 0.2) is 16.7 Å². The Kier molecular flexibility index (Phi) is 6.34. The molecule has 29 heavy (non-hydrogen) atoms. The zero-order valence-electron chi connectivity index (χ0n) is 15.8. The minimum absolute atomic E-state index is 0.0147. The number of hydrogen-bond donors (Lipinski definition) is 1. The van der Waals surface area contributed by atoms with Crippen molar-refractivity contribution in [2.75, 3.05) is 18.6 Å². The Morgan fingerprint density at radius 2 is 2.07 bits per heavy atom. The first-order valence-corrected chi connectivity index (χ1v) is 12.1. The number of rotatable bonds is 6. The maximum absolute atomic E-state index is 12.5. The second kappa shape index (κ2) is 8.59. The van der Waals surface area contributed by atoms with E-state index in [1.807, 2.05) is 6.92 Å². The van der Waals surface area contributed by atoms with Gasteiger partial charge < -0.3 is 8.92 Å². The average Bonchev–Trinajstić information content (AvgIpc) is 3.03. The van der Waals surface area contributed by atoms with Crippen LogP contribution in [0.15, 0.2) is 33.2 Å². The van der Waals surface area contributed by atoms with E-state index in [4.69, 9.17) is 14.3 Å². The molecule has 0 aliphatic carbocycles. The lowest BCUT2D eigenvalue weighted by molar-refractivity contribution is -0.114. The lowest BCUT2D eigenvalue weighted by atomic mass is 10.1. The van der Waals surface area contributed by atoms with Crippen molar-refractivity contribution in [2.24, 2.45) is 9.39 Å². The molecule has 9 nitrogen and oxygen atoms in total. The molecule has 1 aromatic carbocycles. The van der Waals surface area contributed by atoms with Crippen LogP contribution in [0, 0.1) is 5.41 Å². The minimum atomic E-state index is -3.72. The van der Waals surface area contributed by atoms with Gasteiger partial charge in [-0.1, -0.05) is 24.8 Å². The molecule has 0 fully saturated rings. The van der Waals surface area contributed by atoms with Gasteiger partial charge in [0.25, 0.3) is 5.91 Å². The van der Waals surface area contributed by atoms with Gasteiger partial charge in [0, 0.05) is 0 Å². The molecule has 0 saturated heterocycles. The van der Waals surface area contributed by atoms with Crippen molar-refractivity contribution >= 4 is 62.0 Å². The predicted octanol–water partition coefficient (Wildman–Crippen LogP) is 2.75. The minimum Gasteiger partial charge on any atom is -0.490 e. The van der Waals surface area contributed by atoms with E-state index >= 15 is 0 Å². The van der Waals surface area contributed by atoms with Crippen LogP contribution in [0.3, 0.4) is 0 Å². The Morgan fingerprint density at radius 1 is 1.31 bits per heavy atom. The molecule has 3 rings (SSSR count). The van der Waals surface area contributed by atoms with E-state index < -0.39 is 16.0 Å². The van der Waals surface area contributed by atoms with Gasteiger partial charge in [0.05, 0.1) is 30.4 Å². The van der Waals surface area contributed by atoms with Crippen molar-refractivity contribution in [3.05, 3.63) is 29.3 Å². The summed E-state index contributed by atoms with van der Waals surface area (Å²) in [6.07, 6.45) is 2.45. The average molecular weight is 455 g/mol. The van der Waals surface area contributed by atoms with Gasteiger partial charge in [-0.15, -0.1) is 0 Å². The van der Waals surface area contributed by atoms with Crippen LogP contribution in [0.1, 0.15) is 19.4 Å². The highest BCUT2D eigenvalue weighted by molar-refractivity contribution is 8.19. The number of amides is 1. The number of thioether (sulfide) groups is 1.